The minimum atomic E-state index is 0.472. The number of halogens is 1. The molecular formula is C9H9ClN2O. The van der Waals surface area contributed by atoms with Gasteiger partial charge in [-0.05, 0) is 24.6 Å². The van der Waals surface area contributed by atoms with E-state index in [-0.39, 0.29) is 0 Å². The summed E-state index contributed by atoms with van der Waals surface area (Å²) >= 11 is 5.96. The first-order chi connectivity index (χ1) is 6.22. The van der Waals surface area contributed by atoms with Crippen molar-refractivity contribution >= 4 is 22.6 Å². The Balaban J connectivity index is 2.80. The highest BCUT2D eigenvalue weighted by Gasteiger charge is 2.08. The van der Waals surface area contributed by atoms with Crippen molar-refractivity contribution < 1.29 is 4.52 Å². The summed E-state index contributed by atoms with van der Waals surface area (Å²) in [5, 5.41) is 5.34. The average Bonchev–Trinajstić information content (AvgIpc) is 2.48. The molecule has 0 atom stereocenters. The smallest absolute Gasteiger partial charge is 0.185 e. The molecule has 2 rings (SSSR count). The number of benzene rings is 1. The fourth-order valence-corrected chi connectivity index (χ4v) is 1.57. The molecule has 2 N–H and O–H groups in total. The van der Waals surface area contributed by atoms with Crippen molar-refractivity contribution in [1.29, 1.82) is 0 Å². The van der Waals surface area contributed by atoms with Gasteiger partial charge in [-0.3, -0.25) is 0 Å². The maximum atomic E-state index is 5.96. The number of aryl methyl sites for hydroxylation is 1. The number of hydrogen-bond acceptors (Lipinski definition) is 3. The van der Waals surface area contributed by atoms with E-state index < -0.39 is 0 Å². The van der Waals surface area contributed by atoms with E-state index in [1.807, 2.05) is 13.0 Å². The molecule has 0 amide bonds. The van der Waals surface area contributed by atoms with E-state index in [2.05, 4.69) is 5.16 Å². The SMILES string of the molecule is Cc1noc2c(Cl)cc(CN)cc12. The molecule has 1 heterocycles. The molecule has 0 spiro atoms. The van der Waals surface area contributed by atoms with Crippen LogP contribution in [-0.4, -0.2) is 5.16 Å². The zero-order valence-electron chi connectivity index (χ0n) is 7.17. The van der Waals surface area contributed by atoms with Crippen molar-refractivity contribution in [1.82, 2.24) is 5.16 Å². The van der Waals surface area contributed by atoms with E-state index in [0.29, 0.717) is 17.2 Å². The molecule has 0 fully saturated rings. The Kier molecular flexibility index (Phi) is 1.98. The second-order valence-electron chi connectivity index (χ2n) is 2.93. The van der Waals surface area contributed by atoms with Crippen LogP contribution in [0.1, 0.15) is 11.3 Å². The summed E-state index contributed by atoms with van der Waals surface area (Å²) < 4.78 is 5.06. The molecule has 0 unspecified atom stereocenters. The Morgan fingerprint density at radius 1 is 1.54 bits per heavy atom. The second kappa shape index (κ2) is 3.01. The van der Waals surface area contributed by atoms with Gasteiger partial charge in [0.05, 0.1) is 10.7 Å². The molecule has 1 aromatic heterocycles. The van der Waals surface area contributed by atoms with E-state index in [0.717, 1.165) is 16.6 Å². The van der Waals surface area contributed by atoms with Gasteiger partial charge in [-0.2, -0.15) is 0 Å². The third-order valence-corrected chi connectivity index (χ3v) is 2.28. The zero-order valence-corrected chi connectivity index (χ0v) is 7.93. The molecule has 1 aromatic carbocycles. The van der Waals surface area contributed by atoms with E-state index in [1.165, 1.54) is 0 Å². The van der Waals surface area contributed by atoms with Gasteiger partial charge >= 0.3 is 0 Å². The summed E-state index contributed by atoms with van der Waals surface area (Å²) in [7, 11) is 0. The minimum Gasteiger partial charge on any atom is -0.354 e. The van der Waals surface area contributed by atoms with Gasteiger partial charge in [0.15, 0.2) is 5.58 Å². The number of aromatic nitrogens is 1. The van der Waals surface area contributed by atoms with Crippen molar-refractivity contribution in [3.05, 3.63) is 28.4 Å². The first-order valence-electron chi connectivity index (χ1n) is 3.97. The lowest BCUT2D eigenvalue weighted by atomic mass is 10.1. The largest absolute Gasteiger partial charge is 0.354 e. The molecule has 3 nitrogen and oxygen atoms in total. The average molecular weight is 197 g/mol. The molecule has 0 aliphatic rings. The van der Waals surface area contributed by atoms with Crippen LogP contribution in [-0.2, 0) is 6.54 Å². The van der Waals surface area contributed by atoms with Crippen LogP contribution in [0.5, 0.6) is 0 Å². The fourth-order valence-electron chi connectivity index (χ4n) is 1.29. The molecule has 0 aliphatic carbocycles. The van der Waals surface area contributed by atoms with Crippen molar-refractivity contribution in [2.75, 3.05) is 0 Å². The van der Waals surface area contributed by atoms with Crippen LogP contribution < -0.4 is 5.73 Å². The topological polar surface area (TPSA) is 52.0 Å². The van der Waals surface area contributed by atoms with Crippen molar-refractivity contribution in [3.63, 3.8) is 0 Å². The van der Waals surface area contributed by atoms with Crippen LogP contribution in [0.3, 0.4) is 0 Å². The molecule has 0 saturated heterocycles. The summed E-state index contributed by atoms with van der Waals surface area (Å²) in [6.07, 6.45) is 0. The van der Waals surface area contributed by atoms with Gasteiger partial charge in [-0.25, -0.2) is 0 Å². The summed E-state index contributed by atoms with van der Waals surface area (Å²) in [6.45, 7) is 2.35. The summed E-state index contributed by atoms with van der Waals surface area (Å²) in [5.74, 6) is 0. The van der Waals surface area contributed by atoms with Gasteiger partial charge in [-0.15, -0.1) is 0 Å². The van der Waals surface area contributed by atoms with Crippen LogP contribution >= 0.6 is 11.6 Å². The van der Waals surface area contributed by atoms with E-state index in [4.69, 9.17) is 21.9 Å². The maximum absolute atomic E-state index is 5.96. The first kappa shape index (κ1) is 8.53. The van der Waals surface area contributed by atoms with E-state index in [9.17, 15) is 0 Å². The Morgan fingerprint density at radius 3 is 3.00 bits per heavy atom. The Morgan fingerprint density at radius 2 is 2.31 bits per heavy atom. The van der Waals surface area contributed by atoms with Gasteiger partial charge in [-0.1, -0.05) is 16.8 Å². The molecule has 0 saturated carbocycles. The number of nitrogens with two attached hydrogens (primary N) is 1. The van der Waals surface area contributed by atoms with Gasteiger partial charge in [0.2, 0.25) is 0 Å². The maximum Gasteiger partial charge on any atom is 0.185 e. The van der Waals surface area contributed by atoms with Gasteiger partial charge in [0, 0.05) is 11.9 Å². The standard InChI is InChI=1S/C9H9ClN2O/c1-5-7-2-6(4-11)3-8(10)9(7)13-12-5/h2-3H,4,11H2,1H3. The van der Waals surface area contributed by atoms with Crippen molar-refractivity contribution in [2.45, 2.75) is 13.5 Å². The summed E-state index contributed by atoms with van der Waals surface area (Å²) in [5.41, 5.74) is 7.98. The lowest BCUT2D eigenvalue weighted by Crippen LogP contribution is -1.95. The molecule has 0 bridgehead atoms. The normalized spacial score (nSPS) is 11.0. The molecule has 0 aliphatic heterocycles. The minimum absolute atomic E-state index is 0.472. The molecule has 4 heteroatoms. The number of rotatable bonds is 1. The lowest BCUT2D eigenvalue weighted by molar-refractivity contribution is 0.450. The van der Waals surface area contributed by atoms with Crippen molar-refractivity contribution in [2.24, 2.45) is 5.73 Å². The first-order valence-corrected chi connectivity index (χ1v) is 4.34. The molecular weight excluding hydrogens is 188 g/mol. The predicted molar refractivity (Wildman–Crippen MR) is 51.6 cm³/mol. The predicted octanol–water partition coefficient (Wildman–Crippen LogP) is 2.25. The highest BCUT2D eigenvalue weighted by molar-refractivity contribution is 6.34. The van der Waals surface area contributed by atoms with Gasteiger partial charge in [0.1, 0.15) is 0 Å². The molecule has 13 heavy (non-hydrogen) atoms. The third-order valence-electron chi connectivity index (χ3n) is 2.00. The fraction of sp³-hybridized carbons (Fsp3) is 0.222. The monoisotopic (exact) mass is 196 g/mol. The Bertz CT molecular complexity index is 450. The summed E-state index contributed by atoms with van der Waals surface area (Å²) in [4.78, 5) is 0. The molecule has 68 valence electrons. The second-order valence-corrected chi connectivity index (χ2v) is 3.33. The third kappa shape index (κ3) is 1.30. The van der Waals surface area contributed by atoms with Crippen LogP contribution in [0.4, 0.5) is 0 Å². The van der Waals surface area contributed by atoms with Gasteiger partial charge < -0.3 is 10.3 Å². The number of nitrogens with zero attached hydrogens (tertiary/aromatic N) is 1. The Hall–Kier alpha value is -1.06. The molecule has 2 aromatic rings. The van der Waals surface area contributed by atoms with Crippen LogP contribution in [0.25, 0.3) is 11.0 Å². The summed E-state index contributed by atoms with van der Waals surface area (Å²) in [6, 6.07) is 3.75. The van der Waals surface area contributed by atoms with Crippen LogP contribution in [0.2, 0.25) is 5.02 Å². The number of hydrogen-bond donors (Lipinski definition) is 1. The van der Waals surface area contributed by atoms with Crippen molar-refractivity contribution in [3.8, 4) is 0 Å². The van der Waals surface area contributed by atoms with Crippen LogP contribution in [0, 0.1) is 6.92 Å². The highest BCUT2D eigenvalue weighted by Crippen LogP contribution is 2.27. The lowest BCUT2D eigenvalue weighted by Gasteiger charge is -1.97. The van der Waals surface area contributed by atoms with Gasteiger partial charge in [0.25, 0.3) is 0 Å². The number of fused-ring (bicyclic) bond motifs is 1. The van der Waals surface area contributed by atoms with E-state index in [1.54, 1.807) is 6.07 Å². The van der Waals surface area contributed by atoms with Crippen LogP contribution in [0.15, 0.2) is 16.7 Å². The quantitative estimate of drug-likeness (QED) is 0.761. The molecule has 0 radical (unpaired) electrons. The Labute approximate surface area is 80.5 Å². The highest BCUT2D eigenvalue weighted by atomic mass is 35.5. The van der Waals surface area contributed by atoms with E-state index >= 15 is 0 Å². The zero-order chi connectivity index (χ0) is 9.42.